The van der Waals surface area contributed by atoms with Gasteiger partial charge in [-0.15, -0.1) is 0 Å². The molecule has 0 bridgehead atoms. The van der Waals surface area contributed by atoms with Crippen LogP contribution < -0.4 is 4.90 Å². The van der Waals surface area contributed by atoms with Gasteiger partial charge < -0.3 is 4.90 Å². The first-order valence-electron chi connectivity index (χ1n) is 13.4. The van der Waals surface area contributed by atoms with Crippen molar-refractivity contribution in [3.8, 4) is 0 Å². The van der Waals surface area contributed by atoms with E-state index in [-0.39, 0.29) is 0 Å². The van der Waals surface area contributed by atoms with Gasteiger partial charge in [-0.05, 0) is 70.8 Å². The van der Waals surface area contributed by atoms with Crippen molar-refractivity contribution < 1.29 is 13.2 Å². The molecule has 0 saturated carbocycles. The van der Waals surface area contributed by atoms with Crippen molar-refractivity contribution in [1.82, 2.24) is 4.90 Å². The maximum Gasteiger partial charge on any atom is 0.416 e. The number of alkyl halides is 3. The quantitative estimate of drug-likeness (QED) is 0.247. The van der Waals surface area contributed by atoms with Crippen LogP contribution in [0, 0.1) is 0 Å². The third-order valence-electron chi connectivity index (χ3n) is 7.94. The first-order chi connectivity index (χ1) is 19.2. The Hall–Kier alpha value is -3.61. The third kappa shape index (κ3) is 4.91. The number of halogens is 4. The van der Waals surface area contributed by atoms with Crippen molar-refractivity contribution in [3.63, 3.8) is 0 Å². The van der Waals surface area contributed by atoms with Gasteiger partial charge in [-0.3, -0.25) is 9.89 Å². The van der Waals surface area contributed by atoms with E-state index in [1.165, 1.54) is 17.7 Å². The van der Waals surface area contributed by atoms with Crippen molar-refractivity contribution in [2.75, 3.05) is 37.6 Å². The number of aliphatic imine (C=N–C) groups is 1. The lowest BCUT2D eigenvalue weighted by atomic mass is 9.76. The molecular weight excluding hydrogens is 531 g/mol. The van der Waals surface area contributed by atoms with Crippen molar-refractivity contribution in [3.05, 3.63) is 124 Å². The second-order valence-electron chi connectivity index (χ2n) is 10.5. The fraction of sp³-hybridized carbons (Fsp3) is 0.242. The fourth-order valence-electron chi connectivity index (χ4n) is 6.04. The summed E-state index contributed by atoms with van der Waals surface area (Å²) in [5.74, 6) is 0. The summed E-state index contributed by atoms with van der Waals surface area (Å²) in [5, 5.41) is 2.98. The molecule has 2 aliphatic heterocycles. The normalized spacial score (nSPS) is 20.1. The average molecular weight is 560 g/mol. The van der Waals surface area contributed by atoms with Gasteiger partial charge in [-0.1, -0.05) is 72.3 Å². The van der Waals surface area contributed by atoms with Gasteiger partial charge >= 0.3 is 6.18 Å². The molecule has 0 amide bonds. The molecule has 2 heterocycles. The first-order valence-corrected chi connectivity index (χ1v) is 13.8. The number of nitrogens with zero attached hydrogens (tertiary/aromatic N) is 3. The Morgan fingerprint density at radius 2 is 1.55 bits per heavy atom. The molecule has 3 nitrogen and oxygen atoms in total. The Bertz CT molecular complexity index is 1600. The minimum absolute atomic E-state index is 0.611. The smallest absolute Gasteiger partial charge is 0.369 e. The van der Waals surface area contributed by atoms with Crippen LogP contribution in [-0.4, -0.2) is 43.3 Å². The number of benzene rings is 4. The van der Waals surface area contributed by atoms with Gasteiger partial charge in [-0.25, -0.2) is 0 Å². The summed E-state index contributed by atoms with van der Waals surface area (Å²) in [6, 6.07) is 28.3. The Kier molecular flexibility index (Phi) is 6.93. The van der Waals surface area contributed by atoms with Crippen LogP contribution in [0.4, 0.5) is 18.9 Å². The standard InChI is InChI=1S/C33H29ClF3N3/c1-23-20-27(22-39-16-18-40(19-17-39)29-9-5-8-26(21-29)33(35,36)37)32(38-23,25-12-14-28(34)15-13-25)31-11-4-7-24-6-2-3-10-30(24)31/h2-15,20-21H,16-19,22H2,1H3. The highest BCUT2D eigenvalue weighted by Gasteiger charge is 2.42. The molecule has 4 aromatic carbocycles. The molecule has 6 rings (SSSR count). The van der Waals surface area contributed by atoms with E-state index in [4.69, 9.17) is 16.6 Å². The highest BCUT2D eigenvalue weighted by Crippen LogP contribution is 2.47. The second-order valence-corrected chi connectivity index (χ2v) is 10.9. The summed E-state index contributed by atoms with van der Waals surface area (Å²) in [6.45, 7) is 5.50. The summed E-state index contributed by atoms with van der Waals surface area (Å²) in [5.41, 5.74) is 3.61. The van der Waals surface area contributed by atoms with Crippen molar-refractivity contribution >= 4 is 33.8 Å². The van der Waals surface area contributed by atoms with E-state index in [0.29, 0.717) is 30.3 Å². The predicted molar refractivity (Wildman–Crippen MR) is 157 cm³/mol. The predicted octanol–water partition coefficient (Wildman–Crippen LogP) is 7.98. The van der Waals surface area contributed by atoms with E-state index < -0.39 is 17.3 Å². The molecule has 0 spiro atoms. The topological polar surface area (TPSA) is 18.8 Å². The Balaban J connectivity index is 1.32. The van der Waals surface area contributed by atoms with Gasteiger partial charge in [0, 0.05) is 49.1 Å². The lowest BCUT2D eigenvalue weighted by Crippen LogP contribution is -2.48. The number of hydrogen-bond donors (Lipinski definition) is 0. The molecule has 1 atom stereocenters. The van der Waals surface area contributed by atoms with Crippen LogP contribution in [-0.2, 0) is 11.7 Å². The molecule has 1 saturated heterocycles. The van der Waals surface area contributed by atoms with E-state index in [1.807, 2.05) is 30.0 Å². The minimum Gasteiger partial charge on any atom is -0.369 e. The molecule has 2 aliphatic rings. The van der Waals surface area contributed by atoms with Crippen molar-refractivity contribution in [2.45, 2.75) is 18.6 Å². The maximum atomic E-state index is 13.3. The largest absolute Gasteiger partial charge is 0.416 e. The number of allylic oxidation sites excluding steroid dienone is 1. The van der Waals surface area contributed by atoms with Crippen LogP contribution in [0.25, 0.3) is 10.8 Å². The molecule has 40 heavy (non-hydrogen) atoms. The average Bonchev–Trinajstić information content (AvgIpc) is 3.29. The van der Waals surface area contributed by atoms with E-state index in [9.17, 15) is 13.2 Å². The van der Waals surface area contributed by atoms with Crippen LogP contribution in [0.3, 0.4) is 0 Å². The van der Waals surface area contributed by atoms with E-state index in [1.54, 1.807) is 6.07 Å². The van der Waals surface area contributed by atoms with Gasteiger partial charge in [0.1, 0.15) is 5.54 Å². The monoisotopic (exact) mass is 559 g/mol. The zero-order chi connectivity index (χ0) is 27.9. The summed E-state index contributed by atoms with van der Waals surface area (Å²) in [6.07, 6.45) is -2.16. The SMILES string of the molecule is CC1=NC(c2ccc(Cl)cc2)(c2cccc3ccccc23)C(CN2CCN(c3cccc(C(F)(F)F)c3)CC2)=C1. The molecule has 0 aromatic heterocycles. The van der Waals surface area contributed by atoms with Crippen LogP contribution in [0.5, 0.6) is 0 Å². The summed E-state index contributed by atoms with van der Waals surface area (Å²) < 4.78 is 39.8. The number of hydrogen-bond acceptors (Lipinski definition) is 3. The number of piperazine rings is 1. The van der Waals surface area contributed by atoms with E-state index >= 15 is 0 Å². The van der Waals surface area contributed by atoms with E-state index in [0.717, 1.165) is 46.8 Å². The van der Waals surface area contributed by atoms with Crippen LogP contribution >= 0.6 is 11.6 Å². The molecular formula is C33H29ClF3N3. The van der Waals surface area contributed by atoms with E-state index in [2.05, 4.69) is 59.5 Å². The summed E-state index contributed by atoms with van der Waals surface area (Å²) in [7, 11) is 0. The summed E-state index contributed by atoms with van der Waals surface area (Å²) in [4.78, 5) is 9.73. The second kappa shape index (κ2) is 10.4. The minimum atomic E-state index is -4.35. The molecule has 7 heteroatoms. The highest BCUT2D eigenvalue weighted by atomic mass is 35.5. The zero-order valence-electron chi connectivity index (χ0n) is 22.1. The molecule has 0 radical (unpaired) electrons. The molecule has 4 aromatic rings. The molecule has 0 aliphatic carbocycles. The molecule has 0 N–H and O–H groups in total. The van der Waals surface area contributed by atoms with Gasteiger partial charge in [-0.2, -0.15) is 13.2 Å². The molecule has 1 unspecified atom stereocenters. The highest BCUT2D eigenvalue weighted by molar-refractivity contribution is 6.30. The molecule has 1 fully saturated rings. The van der Waals surface area contributed by atoms with Gasteiger partial charge in [0.15, 0.2) is 0 Å². The van der Waals surface area contributed by atoms with Crippen molar-refractivity contribution in [2.24, 2.45) is 4.99 Å². The zero-order valence-corrected chi connectivity index (χ0v) is 22.9. The van der Waals surface area contributed by atoms with Gasteiger partial charge in [0.2, 0.25) is 0 Å². The van der Waals surface area contributed by atoms with Gasteiger partial charge in [0.05, 0.1) is 5.56 Å². The number of anilines is 1. The van der Waals surface area contributed by atoms with Crippen LogP contribution in [0.2, 0.25) is 5.02 Å². The lowest BCUT2D eigenvalue weighted by Gasteiger charge is -2.39. The van der Waals surface area contributed by atoms with Crippen LogP contribution in [0.1, 0.15) is 23.6 Å². The van der Waals surface area contributed by atoms with Gasteiger partial charge in [0.25, 0.3) is 0 Å². The first kappa shape index (κ1) is 26.6. The van der Waals surface area contributed by atoms with Crippen molar-refractivity contribution in [1.29, 1.82) is 0 Å². The summed E-state index contributed by atoms with van der Waals surface area (Å²) >= 11 is 6.30. The third-order valence-corrected chi connectivity index (χ3v) is 8.19. The lowest BCUT2D eigenvalue weighted by molar-refractivity contribution is -0.137. The number of rotatable bonds is 5. The Morgan fingerprint density at radius 1 is 0.850 bits per heavy atom. The number of fused-ring (bicyclic) bond motifs is 1. The van der Waals surface area contributed by atoms with Crippen LogP contribution in [0.15, 0.2) is 108 Å². The maximum absolute atomic E-state index is 13.3. The Labute approximate surface area is 237 Å². The molecule has 204 valence electrons. The Morgan fingerprint density at radius 3 is 2.30 bits per heavy atom. The fourth-order valence-corrected chi connectivity index (χ4v) is 6.17.